The highest BCUT2D eigenvalue weighted by molar-refractivity contribution is 5.70. The minimum atomic E-state index is -1.31. The summed E-state index contributed by atoms with van der Waals surface area (Å²) >= 11 is 0. The molecule has 0 aliphatic heterocycles. The highest BCUT2D eigenvalue weighted by Gasteiger charge is 2.37. The van der Waals surface area contributed by atoms with Crippen molar-refractivity contribution >= 4 is 11.9 Å². The summed E-state index contributed by atoms with van der Waals surface area (Å²) < 4.78 is 11.8. The smallest absolute Gasteiger partial charge is 0.307 e. The second kappa shape index (κ2) is 29.3. The molecule has 0 aromatic heterocycles. The maximum Gasteiger partial charge on any atom is 0.307 e. The second-order valence-corrected chi connectivity index (χ2v) is 14.6. The molecule has 6 nitrogen and oxygen atoms in total. The average Bonchev–Trinajstić information content (AvgIpc) is 2.96. The van der Waals surface area contributed by atoms with Crippen molar-refractivity contribution in [1.29, 1.82) is 0 Å². The number of nitrogens with two attached hydrogens (primary N) is 1. The first-order valence-electron chi connectivity index (χ1n) is 19.1. The molecule has 0 spiro atoms. The van der Waals surface area contributed by atoms with Crippen molar-refractivity contribution < 1.29 is 23.5 Å². The van der Waals surface area contributed by atoms with Gasteiger partial charge in [0.15, 0.2) is 6.61 Å². The van der Waals surface area contributed by atoms with E-state index in [9.17, 15) is 9.59 Å². The van der Waals surface area contributed by atoms with Crippen LogP contribution in [0.2, 0.25) is 0 Å². The number of carbonyl (C=O) groups is 2. The molecule has 44 heavy (non-hydrogen) atoms. The molecule has 2 N–H and O–H groups in total. The lowest BCUT2D eigenvalue weighted by Gasteiger charge is -2.35. The van der Waals surface area contributed by atoms with Crippen LogP contribution in [0.15, 0.2) is 0 Å². The monoisotopic (exact) mass is 626 g/mol. The summed E-state index contributed by atoms with van der Waals surface area (Å²) in [6.45, 7) is 4.82. The Hall–Kier alpha value is -1.14. The van der Waals surface area contributed by atoms with Gasteiger partial charge in [-0.25, -0.2) is 0 Å². The zero-order valence-electron chi connectivity index (χ0n) is 30.4. The number of hydrogen-bond acceptors (Lipinski definition) is 5. The van der Waals surface area contributed by atoms with Crippen molar-refractivity contribution in [2.45, 2.75) is 199 Å². The number of unbranched alkanes of at least 4 members (excludes halogenated alkanes) is 24. The van der Waals surface area contributed by atoms with E-state index < -0.39 is 5.72 Å². The van der Waals surface area contributed by atoms with Crippen LogP contribution in [-0.4, -0.2) is 56.4 Å². The lowest BCUT2D eigenvalue weighted by molar-refractivity contribution is -0.876. The predicted octanol–water partition coefficient (Wildman–Crippen LogP) is 10.4. The lowest BCUT2D eigenvalue weighted by atomic mass is 10.0. The van der Waals surface area contributed by atoms with Crippen molar-refractivity contribution in [2.24, 2.45) is 5.73 Å². The summed E-state index contributed by atoms with van der Waals surface area (Å²) in [6, 6.07) is 0. The molecule has 0 aliphatic carbocycles. The normalized spacial score (nSPS) is 13.1. The Bertz CT molecular complexity index is 664. The highest BCUT2D eigenvalue weighted by atomic mass is 16.6. The van der Waals surface area contributed by atoms with Gasteiger partial charge in [-0.1, -0.05) is 168 Å². The van der Waals surface area contributed by atoms with Crippen molar-refractivity contribution in [3.05, 3.63) is 0 Å². The summed E-state index contributed by atoms with van der Waals surface area (Å²) in [5.41, 5.74) is 5.21. The summed E-state index contributed by atoms with van der Waals surface area (Å²) in [5.74, 6) is -0.548. The van der Waals surface area contributed by atoms with Gasteiger partial charge in [-0.2, -0.15) is 0 Å². The molecule has 0 radical (unpaired) electrons. The number of rotatable bonds is 33. The van der Waals surface area contributed by atoms with Crippen LogP contribution in [0, 0.1) is 0 Å². The van der Waals surface area contributed by atoms with E-state index in [2.05, 4.69) is 13.8 Å². The van der Waals surface area contributed by atoms with Crippen LogP contribution in [0.4, 0.5) is 0 Å². The van der Waals surface area contributed by atoms with Crippen molar-refractivity contribution in [3.8, 4) is 0 Å². The maximum absolute atomic E-state index is 12.6. The molecular weight excluding hydrogens is 548 g/mol. The molecule has 6 heteroatoms. The minimum Gasteiger partial charge on any atom is -0.460 e. The van der Waals surface area contributed by atoms with Crippen LogP contribution >= 0.6 is 0 Å². The zero-order chi connectivity index (χ0) is 32.8. The van der Waals surface area contributed by atoms with Gasteiger partial charge in [0, 0.05) is 12.8 Å². The summed E-state index contributed by atoms with van der Waals surface area (Å²) in [5, 5.41) is 0. The Balaban J connectivity index is 4.01. The van der Waals surface area contributed by atoms with Crippen LogP contribution in [0.5, 0.6) is 0 Å². The van der Waals surface area contributed by atoms with Crippen molar-refractivity contribution in [1.82, 2.24) is 0 Å². The van der Waals surface area contributed by atoms with E-state index >= 15 is 0 Å². The molecule has 0 saturated carbocycles. The van der Waals surface area contributed by atoms with Crippen molar-refractivity contribution in [3.63, 3.8) is 0 Å². The Labute approximate surface area is 274 Å². The molecule has 262 valence electrons. The molecule has 0 amide bonds. The number of ether oxygens (including phenoxy) is 2. The van der Waals surface area contributed by atoms with Crippen molar-refractivity contribution in [2.75, 3.05) is 34.3 Å². The second-order valence-electron chi connectivity index (χ2n) is 14.6. The standard InChI is InChI=1S/C38H77N2O4/c1-6-8-10-12-14-16-18-20-22-24-26-28-30-32-36(41)43-35-38(39,34-40(3,4)5)44-37(42)33-31-29-27-25-23-21-19-17-15-13-11-9-7-2/h6-35,39H2,1-5H3/q+1. The number of esters is 2. The topological polar surface area (TPSA) is 78.6 Å². The third-order valence-corrected chi connectivity index (χ3v) is 8.51. The van der Waals surface area contributed by atoms with E-state index in [-0.39, 0.29) is 18.5 Å². The van der Waals surface area contributed by atoms with Crippen LogP contribution in [0.1, 0.15) is 194 Å². The number of quaternary nitrogens is 1. The van der Waals surface area contributed by atoms with E-state index in [1.54, 1.807) is 0 Å². The Kier molecular flexibility index (Phi) is 28.5. The van der Waals surface area contributed by atoms with E-state index in [0.717, 1.165) is 32.1 Å². The van der Waals surface area contributed by atoms with Crippen LogP contribution in [0.25, 0.3) is 0 Å². The van der Waals surface area contributed by atoms with E-state index in [0.29, 0.717) is 23.9 Å². The molecule has 0 bridgehead atoms. The molecule has 1 unspecified atom stereocenters. The zero-order valence-corrected chi connectivity index (χ0v) is 30.4. The van der Waals surface area contributed by atoms with Gasteiger partial charge < -0.3 is 14.0 Å². The Morgan fingerprint density at radius 2 is 0.795 bits per heavy atom. The van der Waals surface area contributed by atoms with Gasteiger partial charge in [0.25, 0.3) is 0 Å². The fourth-order valence-electron chi connectivity index (χ4n) is 6.04. The summed E-state index contributed by atoms with van der Waals surface area (Å²) in [6.07, 6.45) is 33.8. The molecule has 0 aromatic carbocycles. The molecule has 0 fully saturated rings. The fraction of sp³-hybridized carbons (Fsp3) is 0.947. The molecular formula is C38H77N2O4+. The molecule has 0 saturated heterocycles. The van der Waals surface area contributed by atoms with Crippen LogP contribution in [0.3, 0.4) is 0 Å². The van der Waals surface area contributed by atoms with Gasteiger partial charge in [0.1, 0.15) is 6.54 Å². The van der Waals surface area contributed by atoms with Gasteiger partial charge in [-0.15, -0.1) is 0 Å². The first kappa shape index (κ1) is 42.9. The Morgan fingerprint density at radius 1 is 0.500 bits per heavy atom. The maximum atomic E-state index is 12.6. The Morgan fingerprint density at radius 3 is 1.11 bits per heavy atom. The number of hydrogen-bond donors (Lipinski definition) is 1. The fourth-order valence-corrected chi connectivity index (χ4v) is 6.04. The first-order valence-corrected chi connectivity index (χ1v) is 19.1. The minimum absolute atomic E-state index is 0.0931. The lowest BCUT2D eigenvalue weighted by Crippen LogP contribution is -2.60. The summed E-state index contributed by atoms with van der Waals surface area (Å²) in [7, 11) is 5.99. The molecule has 1 atom stereocenters. The van der Waals surface area contributed by atoms with Gasteiger partial charge in [0.05, 0.1) is 21.1 Å². The van der Waals surface area contributed by atoms with Crippen LogP contribution in [-0.2, 0) is 19.1 Å². The SMILES string of the molecule is CCCCCCCCCCCCCCCC(=O)OCC(N)(C[N+](C)(C)C)OC(=O)CCCCCCCCCCCCCCC. The molecule has 0 rings (SSSR count). The number of carbonyl (C=O) groups excluding carboxylic acids is 2. The molecule has 0 aliphatic rings. The quantitative estimate of drug-likeness (QED) is 0.0340. The van der Waals surface area contributed by atoms with E-state index in [4.69, 9.17) is 15.2 Å². The van der Waals surface area contributed by atoms with E-state index in [1.165, 1.54) is 135 Å². The number of nitrogens with zero attached hydrogens (tertiary/aromatic N) is 1. The molecule has 0 aromatic rings. The van der Waals surface area contributed by atoms with Gasteiger partial charge in [-0.3, -0.25) is 15.3 Å². The largest absolute Gasteiger partial charge is 0.460 e. The highest BCUT2D eigenvalue weighted by Crippen LogP contribution is 2.17. The average molecular weight is 626 g/mol. The first-order chi connectivity index (χ1) is 21.1. The van der Waals surface area contributed by atoms with Gasteiger partial charge >= 0.3 is 11.9 Å². The van der Waals surface area contributed by atoms with Crippen LogP contribution < -0.4 is 5.73 Å². The van der Waals surface area contributed by atoms with Gasteiger partial charge in [0.2, 0.25) is 5.72 Å². The third kappa shape index (κ3) is 30.9. The third-order valence-electron chi connectivity index (χ3n) is 8.51. The summed E-state index contributed by atoms with van der Waals surface area (Å²) in [4.78, 5) is 25.1. The molecule has 0 heterocycles. The predicted molar refractivity (Wildman–Crippen MR) is 187 cm³/mol. The number of likely N-dealkylation sites (N-methyl/N-ethyl adjacent to an activating group) is 1. The van der Waals surface area contributed by atoms with Gasteiger partial charge in [-0.05, 0) is 12.8 Å². The van der Waals surface area contributed by atoms with E-state index in [1.807, 2.05) is 21.1 Å².